The lowest BCUT2D eigenvalue weighted by Crippen LogP contribution is -2.37. The second kappa shape index (κ2) is 10.5. The number of aromatic nitrogens is 4. The second-order valence-electron chi connectivity index (χ2n) is 8.37. The number of hydrogen-bond donors (Lipinski definition) is 3. The maximum Gasteiger partial charge on any atom is 0.407 e. The van der Waals surface area contributed by atoms with Crippen LogP contribution in [0, 0.1) is 0 Å². The van der Waals surface area contributed by atoms with Crippen molar-refractivity contribution < 1.29 is 14.3 Å². The third kappa shape index (κ3) is 7.18. The highest BCUT2D eigenvalue weighted by Crippen LogP contribution is 2.31. The van der Waals surface area contributed by atoms with Gasteiger partial charge in [0.15, 0.2) is 0 Å². The lowest BCUT2D eigenvalue weighted by molar-refractivity contribution is 0.0502. The predicted octanol–water partition coefficient (Wildman–Crippen LogP) is 4.20. The molecule has 2 heterocycles. The number of benzene rings is 1. The molecule has 3 N–H and O–H groups in total. The summed E-state index contributed by atoms with van der Waals surface area (Å²) in [5.41, 5.74) is 2.51. The molecule has 3 aromatic rings. The van der Waals surface area contributed by atoms with E-state index in [9.17, 15) is 4.79 Å². The standard InChI is InChI=1S/C21H30N6O3S/c1-14(25-20(28)30-21(2,3)4)6-5-8-29-9-7-22-17-10-15(19-13-24-27-31-19)11-18-16(17)12-23-26-18/h10-14,22H,5-9H2,1-4H3,(H,23,26)(H,25,28)/t14-/m0/s1. The van der Waals surface area contributed by atoms with Gasteiger partial charge in [-0.25, -0.2) is 4.79 Å². The van der Waals surface area contributed by atoms with E-state index in [1.54, 1.807) is 6.20 Å². The summed E-state index contributed by atoms with van der Waals surface area (Å²) < 4.78 is 14.9. The van der Waals surface area contributed by atoms with E-state index in [2.05, 4.69) is 36.5 Å². The maximum atomic E-state index is 11.8. The van der Waals surface area contributed by atoms with Gasteiger partial charge >= 0.3 is 6.09 Å². The Morgan fingerprint density at radius 1 is 1.26 bits per heavy atom. The smallest absolute Gasteiger partial charge is 0.407 e. The predicted molar refractivity (Wildman–Crippen MR) is 122 cm³/mol. The average molecular weight is 447 g/mol. The topological polar surface area (TPSA) is 114 Å². The van der Waals surface area contributed by atoms with Gasteiger partial charge in [0.2, 0.25) is 0 Å². The molecule has 0 spiro atoms. The molecular weight excluding hydrogens is 416 g/mol. The molecule has 0 saturated heterocycles. The number of ether oxygens (including phenoxy) is 2. The highest BCUT2D eigenvalue weighted by molar-refractivity contribution is 7.09. The summed E-state index contributed by atoms with van der Waals surface area (Å²) in [6.07, 6.45) is 4.87. The zero-order valence-electron chi connectivity index (χ0n) is 18.4. The largest absolute Gasteiger partial charge is 0.444 e. The van der Waals surface area contributed by atoms with Crippen LogP contribution in [0.25, 0.3) is 21.3 Å². The van der Waals surface area contributed by atoms with Gasteiger partial charge in [-0.3, -0.25) is 5.10 Å². The van der Waals surface area contributed by atoms with Crippen LogP contribution in [0.2, 0.25) is 0 Å². The first kappa shape index (κ1) is 23.0. The van der Waals surface area contributed by atoms with Gasteiger partial charge in [0.25, 0.3) is 0 Å². The normalized spacial score (nSPS) is 12.6. The number of alkyl carbamates (subject to hydrolysis) is 1. The van der Waals surface area contributed by atoms with E-state index in [0.717, 1.165) is 39.9 Å². The van der Waals surface area contributed by atoms with Gasteiger partial charge in [0.1, 0.15) is 5.60 Å². The number of rotatable bonds is 10. The quantitative estimate of drug-likeness (QED) is 0.400. The Hall–Kier alpha value is -2.72. The van der Waals surface area contributed by atoms with Crippen LogP contribution in [0.1, 0.15) is 40.5 Å². The summed E-state index contributed by atoms with van der Waals surface area (Å²) in [5.74, 6) is 0. The van der Waals surface area contributed by atoms with E-state index in [-0.39, 0.29) is 12.1 Å². The molecule has 1 amide bonds. The highest BCUT2D eigenvalue weighted by atomic mass is 32.1. The Labute approximate surface area is 186 Å². The first-order valence-corrected chi connectivity index (χ1v) is 11.1. The number of hydrogen-bond acceptors (Lipinski definition) is 8. The van der Waals surface area contributed by atoms with E-state index in [0.29, 0.717) is 19.8 Å². The van der Waals surface area contributed by atoms with Crippen molar-refractivity contribution in [3.63, 3.8) is 0 Å². The van der Waals surface area contributed by atoms with Gasteiger partial charge in [0.05, 0.1) is 29.4 Å². The van der Waals surface area contributed by atoms with Gasteiger partial charge in [-0.1, -0.05) is 4.49 Å². The van der Waals surface area contributed by atoms with Crippen molar-refractivity contribution in [3.8, 4) is 10.4 Å². The molecule has 0 bridgehead atoms. The van der Waals surface area contributed by atoms with Gasteiger partial charge in [-0.05, 0) is 69.8 Å². The monoisotopic (exact) mass is 446 g/mol. The number of carbonyl (C=O) groups excluding carboxylic acids is 1. The summed E-state index contributed by atoms with van der Waals surface area (Å²) in [5, 5.41) is 18.4. The maximum absolute atomic E-state index is 11.8. The van der Waals surface area contributed by atoms with Gasteiger partial charge in [0, 0.05) is 30.3 Å². The van der Waals surface area contributed by atoms with Crippen LogP contribution >= 0.6 is 11.5 Å². The zero-order valence-corrected chi connectivity index (χ0v) is 19.2. The Bertz CT molecular complexity index is 967. The van der Waals surface area contributed by atoms with Gasteiger partial charge in [-0.15, -0.1) is 5.10 Å². The van der Waals surface area contributed by atoms with Gasteiger partial charge in [-0.2, -0.15) is 5.10 Å². The molecule has 0 unspecified atom stereocenters. The first-order chi connectivity index (χ1) is 14.8. The van der Waals surface area contributed by atoms with Crippen molar-refractivity contribution in [1.82, 2.24) is 25.1 Å². The van der Waals surface area contributed by atoms with Crippen molar-refractivity contribution in [2.75, 3.05) is 25.1 Å². The molecule has 0 fully saturated rings. The van der Waals surface area contributed by atoms with Crippen LogP contribution in [0.3, 0.4) is 0 Å². The third-order valence-electron chi connectivity index (χ3n) is 4.46. The summed E-state index contributed by atoms with van der Waals surface area (Å²) in [6, 6.07) is 4.16. The lowest BCUT2D eigenvalue weighted by atomic mass is 10.1. The van der Waals surface area contributed by atoms with Crippen LogP contribution in [-0.4, -0.2) is 57.3 Å². The molecule has 31 heavy (non-hydrogen) atoms. The van der Waals surface area contributed by atoms with E-state index in [4.69, 9.17) is 9.47 Å². The van der Waals surface area contributed by atoms with Crippen molar-refractivity contribution in [3.05, 3.63) is 24.5 Å². The average Bonchev–Trinajstić information content (AvgIpc) is 3.37. The molecule has 2 aromatic heterocycles. The first-order valence-electron chi connectivity index (χ1n) is 10.4. The van der Waals surface area contributed by atoms with E-state index in [1.165, 1.54) is 11.5 Å². The van der Waals surface area contributed by atoms with Crippen molar-refractivity contribution in [2.45, 2.75) is 52.2 Å². The minimum Gasteiger partial charge on any atom is -0.444 e. The molecular formula is C21H30N6O3S. The van der Waals surface area contributed by atoms with Crippen LogP contribution in [0.15, 0.2) is 24.5 Å². The van der Waals surface area contributed by atoms with Crippen LogP contribution in [-0.2, 0) is 9.47 Å². The number of carbonyl (C=O) groups is 1. The Balaban J connectivity index is 1.37. The second-order valence-corrected chi connectivity index (χ2v) is 9.15. The molecule has 0 aliphatic rings. The summed E-state index contributed by atoms with van der Waals surface area (Å²) in [6.45, 7) is 9.41. The zero-order chi connectivity index (χ0) is 22.3. The van der Waals surface area contributed by atoms with E-state index in [1.807, 2.05) is 40.0 Å². The Morgan fingerprint density at radius 3 is 2.84 bits per heavy atom. The molecule has 0 aliphatic heterocycles. The third-order valence-corrected chi connectivity index (χ3v) is 5.17. The number of nitrogens with zero attached hydrogens (tertiary/aromatic N) is 3. The number of H-pyrrole nitrogens is 1. The Morgan fingerprint density at radius 2 is 2.10 bits per heavy atom. The molecule has 0 aliphatic carbocycles. The number of aromatic amines is 1. The fraction of sp³-hybridized carbons (Fsp3) is 0.524. The highest BCUT2D eigenvalue weighted by Gasteiger charge is 2.17. The number of nitrogens with one attached hydrogen (secondary N) is 3. The summed E-state index contributed by atoms with van der Waals surface area (Å²) in [7, 11) is 0. The molecule has 10 heteroatoms. The minimum atomic E-state index is -0.487. The van der Waals surface area contributed by atoms with E-state index >= 15 is 0 Å². The van der Waals surface area contributed by atoms with Crippen LogP contribution in [0.4, 0.5) is 10.5 Å². The van der Waals surface area contributed by atoms with Crippen molar-refractivity contribution in [2.24, 2.45) is 0 Å². The molecule has 168 valence electrons. The van der Waals surface area contributed by atoms with Crippen LogP contribution < -0.4 is 10.6 Å². The lowest BCUT2D eigenvalue weighted by Gasteiger charge is -2.21. The number of anilines is 1. The van der Waals surface area contributed by atoms with Crippen molar-refractivity contribution in [1.29, 1.82) is 0 Å². The number of fused-ring (bicyclic) bond motifs is 1. The molecule has 3 rings (SSSR count). The molecule has 0 saturated carbocycles. The van der Waals surface area contributed by atoms with Crippen LogP contribution in [0.5, 0.6) is 0 Å². The molecule has 9 nitrogen and oxygen atoms in total. The van der Waals surface area contributed by atoms with Gasteiger partial charge < -0.3 is 20.1 Å². The molecule has 1 aromatic carbocycles. The number of amides is 1. The Kier molecular flexibility index (Phi) is 7.80. The molecule has 0 radical (unpaired) electrons. The summed E-state index contributed by atoms with van der Waals surface area (Å²) >= 11 is 1.36. The summed E-state index contributed by atoms with van der Waals surface area (Å²) in [4.78, 5) is 12.8. The van der Waals surface area contributed by atoms with E-state index < -0.39 is 5.60 Å². The fourth-order valence-corrected chi connectivity index (χ4v) is 3.57. The molecule has 1 atom stereocenters. The minimum absolute atomic E-state index is 0.0370. The van der Waals surface area contributed by atoms with Crippen molar-refractivity contribution >= 4 is 34.2 Å². The fourth-order valence-electron chi connectivity index (χ4n) is 3.07. The SMILES string of the molecule is C[C@@H](CCCOCCNc1cc(-c2cnns2)cc2[nH]ncc12)NC(=O)OC(C)(C)C.